The van der Waals surface area contributed by atoms with Crippen LogP contribution in [0.5, 0.6) is 0 Å². The molecule has 1 atom stereocenters. The first-order valence-electron chi connectivity index (χ1n) is 5.91. The van der Waals surface area contributed by atoms with Crippen molar-refractivity contribution in [2.45, 2.75) is 18.4 Å². The van der Waals surface area contributed by atoms with Crippen molar-refractivity contribution in [2.75, 3.05) is 6.61 Å². The molecule has 0 amide bonds. The number of ether oxygens (including phenoxy) is 1. The van der Waals surface area contributed by atoms with Gasteiger partial charge in [0.2, 0.25) is 0 Å². The van der Waals surface area contributed by atoms with Crippen LogP contribution in [0.25, 0.3) is 6.08 Å². The fraction of sp³-hybridized carbons (Fsp3) is 0.267. The van der Waals surface area contributed by atoms with Crippen LogP contribution in [0.3, 0.4) is 0 Å². The number of carbonyl (C=O) groups excluding carboxylic acids is 1. The van der Waals surface area contributed by atoms with E-state index in [0.29, 0.717) is 6.42 Å². The molecule has 1 aromatic rings. The lowest BCUT2D eigenvalue weighted by molar-refractivity contribution is -0.115. The summed E-state index contributed by atoms with van der Waals surface area (Å²) >= 11 is 0. The van der Waals surface area contributed by atoms with E-state index in [4.69, 9.17) is 4.74 Å². The molecule has 3 rings (SSSR count). The Labute approximate surface area is 101 Å². The van der Waals surface area contributed by atoms with Crippen molar-refractivity contribution in [1.82, 2.24) is 0 Å². The summed E-state index contributed by atoms with van der Waals surface area (Å²) in [6, 6.07) is 10.1. The highest BCUT2D eigenvalue weighted by Crippen LogP contribution is 2.42. The molecular formula is C15H14O2. The van der Waals surface area contributed by atoms with Crippen LogP contribution in [0.4, 0.5) is 0 Å². The van der Waals surface area contributed by atoms with Crippen LogP contribution in [0.1, 0.15) is 18.4 Å². The summed E-state index contributed by atoms with van der Waals surface area (Å²) in [5.41, 5.74) is 2.03. The molecule has 1 spiro atoms. The Bertz CT molecular complexity index is 493. The van der Waals surface area contributed by atoms with Crippen molar-refractivity contribution in [3.05, 3.63) is 53.6 Å². The largest absolute Gasteiger partial charge is 0.364 e. The lowest BCUT2D eigenvalue weighted by atomic mass is 9.87. The third-order valence-corrected chi connectivity index (χ3v) is 3.37. The molecule has 0 saturated carbocycles. The summed E-state index contributed by atoms with van der Waals surface area (Å²) in [6.45, 7) is 0.755. The second-order valence-electron chi connectivity index (χ2n) is 4.59. The Morgan fingerprint density at radius 3 is 2.65 bits per heavy atom. The molecule has 2 nitrogen and oxygen atoms in total. The number of hydrogen-bond acceptors (Lipinski definition) is 2. The van der Waals surface area contributed by atoms with Gasteiger partial charge in [0.1, 0.15) is 5.60 Å². The van der Waals surface area contributed by atoms with Gasteiger partial charge in [-0.2, -0.15) is 0 Å². The molecule has 1 aliphatic carbocycles. The maximum Gasteiger partial charge on any atom is 0.156 e. The first-order chi connectivity index (χ1) is 8.28. The number of hydrogen-bond donors (Lipinski definition) is 0. The lowest BCUT2D eigenvalue weighted by Gasteiger charge is -2.17. The zero-order chi connectivity index (χ0) is 11.7. The standard InChI is InChI=1S/C15H14O2/c16-14-8-9-15(11-17-15)13(10-14)7-6-12-4-2-1-3-5-12/h1-7,10H,8-9,11H2. The van der Waals surface area contributed by atoms with Crippen LogP contribution in [-0.2, 0) is 9.53 Å². The predicted molar refractivity (Wildman–Crippen MR) is 66.5 cm³/mol. The number of rotatable bonds is 2. The van der Waals surface area contributed by atoms with Crippen LogP contribution >= 0.6 is 0 Å². The molecule has 1 saturated heterocycles. The number of benzene rings is 1. The first-order valence-corrected chi connectivity index (χ1v) is 5.91. The lowest BCUT2D eigenvalue weighted by Crippen LogP contribution is -2.21. The van der Waals surface area contributed by atoms with Gasteiger partial charge < -0.3 is 4.74 Å². The number of allylic oxidation sites excluding steroid dienone is 1. The number of epoxide rings is 1. The minimum atomic E-state index is -0.140. The van der Waals surface area contributed by atoms with E-state index in [-0.39, 0.29) is 11.4 Å². The summed E-state index contributed by atoms with van der Waals surface area (Å²) in [7, 11) is 0. The number of carbonyl (C=O) groups is 1. The predicted octanol–water partition coefficient (Wildman–Crippen LogP) is 2.76. The van der Waals surface area contributed by atoms with Gasteiger partial charge in [-0.05, 0) is 23.6 Å². The Kier molecular flexibility index (Phi) is 2.45. The van der Waals surface area contributed by atoms with Crippen LogP contribution in [0, 0.1) is 0 Å². The van der Waals surface area contributed by atoms with E-state index in [1.54, 1.807) is 6.08 Å². The molecule has 1 aliphatic heterocycles. The van der Waals surface area contributed by atoms with Crippen molar-refractivity contribution >= 4 is 11.9 Å². The molecule has 0 N–H and O–H groups in total. The highest BCUT2D eigenvalue weighted by atomic mass is 16.6. The quantitative estimate of drug-likeness (QED) is 0.726. The van der Waals surface area contributed by atoms with E-state index in [1.165, 1.54) is 0 Å². The molecule has 0 aromatic heterocycles. The van der Waals surface area contributed by atoms with E-state index < -0.39 is 0 Å². The fourth-order valence-corrected chi connectivity index (χ4v) is 2.19. The van der Waals surface area contributed by atoms with Crippen molar-refractivity contribution in [2.24, 2.45) is 0 Å². The molecule has 1 fully saturated rings. The fourth-order valence-electron chi connectivity index (χ4n) is 2.19. The monoisotopic (exact) mass is 226 g/mol. The maximum absolute atomic E-state index is 11.4. The molecule has 0 radical (unpaired) electrons. The second kappa shape index (κ2) is 3.97. The SMILES string of the molecule is O=C1C=C(C=Cc2ccccc2)C2(CC1)CO2. The van der Waals surface area contributed by atoms with Gasteiger partial charge in [-0.3, -0.25) is 4.79 Å². The van der Waals surface area contributed by atoms with Gasteiger partial charge in [0.15, 0.2) is 5.78 Å². The summed E-state index contributed by atoms with van der Waals surface area (Å²) in [5.74, 6) is 0.207. The Hall–Kier alpha value is -1.67. The van der Waals surface area contributed by atoms with Gasteiger partial charge in [0, 0.05) is 6.42 Å². The van der Waals surface area contributed by atoms with E-state index in [9.17, 15) is 4.79 Å². The van der Waals surface area contributed by atoms with Crippen LogP contribution < -0.4 is 0 Å². The maximum atomic E-state index is 11.4. The van der Waals surface area contributed by atoms with Crippen molar-refractivity contribution < 1.29 is 9.53 Å². The topological polar surface area (TPSA) is 29.6 Å². The van der Waals surface area contributed by atoms with Crippen molar-refractivity contribution in [3.8, 4) is 0 Å². The summed E-state index contributed by atoms with van der Waals surface area (Å²) < 4.78 is 5.51. The van der Waals surface area contributed by atoms with Gasteiger partial charge >= 0.3 is 0 Å². The zero-order valence-electron chi connectivity index (χ0n) is 9.56. The normalized spacial score (nSPS) is 27.5. The Balaban J connectivity index is 1.85. The second-order valence-corrected chi connectivity index (χ2v) is 4.59. The molecule has 1 aromatic carbocycles. The summed E-state index contributed by atoms with van der Waals surface area (Å²) in [5, 5.41) is 0. The highest BCUT2D eigenvalue weighted by molar-refractivity contribution is 5.93. The summed E-state index contributed by atoms with van der Waals surface area (Å²) in [6.07, 6.45) is 7.22. The van der Waals surface area contributed by atoms with Crippen LogP contribution in [-0.4, -0.2) is 18.0 Å². The van der Waals surface area contributed by atoms with Crippen LogP contribution in [0.2, 0.25) is 0 Å². The van der Waals surface area contributed by atoms with Gasteiger partial charge in [0.25, 0.3) is 0 Å². The van der Waals surface area contributed by atoms with Crippen molar-refractivity contribution in [3.63, 3.8) is 0 Å². The van der Waals surface area contributed by atoms with Gasteiger partial charge in [-0.25, -0.2) is 0 Å². The van der Waals surface area contributed by atoms with Crippen LogP contribution in [0.15, 0.2) is 48.1 Å². The molecule has 2 heteroatoms. The van der Waals surface area contributed by atoms with E-state index in [0.717, 1.165) is 24.2 Å². The summed E-state index contributed by atoms with van der Waals surface area (Å²) in [4.78, 5) is 11.4. The van der Waals surface area contributed by atoms with Gasteiger partial charge in [0.05, 0.1) is 6.61 Å². The third-order valence-electron chi connectivity index (χ3n) is 3.37. The Morgan fingerprint density at radius 2 is 1.94 bits per heavy atom. The molecular weight excluding hydrogens is 212 g/mol. The van der Waals surface area contributed by atoms with Gasteiger partial charge in [-0.15, -0.1) is 0 Å². The van der Waals surface area contributed by atoms with E-state index >= 15 is 0 Å². The molecule has 1 unspecified atom stereocenters. The first kappa shape index (κ1) is 10.5. The highest BCUT2D eigenvalue weighted by Gasteiger charge is 2.48. The average molecular weight is 226 g/mol. The minimum absolute atomic E-state index is 0.140. The molecule has 2 aliphatic rings. The average Bonchev–Trinajstić information content (AvgIpc) is 3.13. The number of ketones is 1. The molecule has 17 heavy (non-hydrogen) atoms. The van der Waals surface area contributed by atoms with Crippen molar-refractivity contribution in [1.29, 1.82) is 0 Å². The minimum Gasteiger partial charge on any atom is -0.364 e. The molecule has 86 valence electrons. The molecule has 1 heterocycles. The molecule has 0 bridgehead atoms. The third kappa shape index (κ3) is 2.08. The van der Waals surface area contributed by atoms with E-state index in [2.05, 4.69) is 0 Å². The van der Waals surface area contributed by atoms with E-state index in [1.807, 2.05) is 42.5 Å². The smallest absolute Gasteiger partial charge is 0.156 e. The Morgan fingerprint density at radius 1 is 1.18 bits per heavy atom. The van der Waals surface area contributed by atoms with Gasteiger partial charge in [-0.1, -0.05) is 42.5 Å². The zero-order valence-corrected chi connectivity index (χ0v) is 9.56.